The van der Waals surface area contributed by atoms with Crippen LogP contribution in [-0.4, -0.2) is 37.0 Å². The van der Waals surface area contributed by atoms with Crippen molar-refractivity contribution in [1.82, 2.24) is 4.90 Å². The second kappa shape index (κ2) is 6.95. The van der Waals surface area contributed by atoms with Gasteiger partial charge in [0.05, 0.1) is 0 Å². The van der Waals surface area contributed by atoms with Crippen molar-refractivity contribution in [3.8, 4) is 0 Å². The third-order valence-corrected chi connectivity index (χ3v) is 4.62. The van der Waals surface area contributed by atoms with Gasteiger partial charge in [0, 0.05) is 37.8 Å². The molecule has 22 heavy (non-hydrogen) atoms. The number of halogens is 1. The molecule has 0 N–H and O–H groups in total. The molecular formula is C18H23FN2O. The Balaban J connectivity index is 1.60. The first-order chi connectivity index (χ1) is 10.7. The fourth-order valence-corrected chi connectivity index (χ4v) is 3.32. The van der Waals surface area contributed by atoms with E-state index in [-0.39, 0.29) is 11.7 Å². The minimum absolute atomic E-state index is 0.169. The van der Waals surface area contributed by atoms with E-state index in [1.807, 2.05) is 17.0 Å². The van der Waals surface area contributed by atoms with E-state index >= 15 is 0 Å². The van der Waals surface area contributed by atoms with Gasteiger partial charge in [0.15, 0.2) is 0 Å². The van der Waals surface area contributed by atoms with Crippen LogP contribution in [0.25, 0.3) is 0 Å². The molecule has 0 radical (unpaired) electrons. The van der Waals surface area contributed by atoms with E-state index in [0.717, 1.165) is 57.5 Å². The molecule has 2 aliphatic rings. The van der Waals surface area contributed by atoms with Crippen molar-refractivity contribution in [3.63, 3.8) is 0 Å². The molecule has 0 saturated carbocycles. The van der Waals surface area contributed by atoms with Gasteiger partial charge in [-0.2, -0.15) is 0 Å². The van der Waals surface area contributed by atoms with Crippen LogP contribution in [0.3, 0.4) is 0 Å². The Morgan fingerprint density at radius 2 is 1.86 bits per heavy atom. The monoisotopic (exact) mass is 302 g/mol. The Morgan fingerprint density at radius 3 is 2.59 bits per heavy atom. The molecule has 1 aliphatic heterocycles. The predicted octanol–water partition coefficient (Wildman–Crippen LogP) is 3.22. The smallest absolute Gasteiger partial charge is 0.226 e. The zero-order chi connectivity index (χ0) is 15.4. The van der Waals surface area contributed by atoms with Gasteiger partial charge in [0.2, 0.25) is 5.91 Å². The van der Waals surface area contributed by atoms with E-state index in [4.69, 9.17) is 0 Å². The number of nitrogens with zero attached hydrogens (tertiary/aromatic N) is 2. The summed E-state index contributed by atoms with van der Waals surface area (Å²) in [6, 6.07) is 6.63. The van der Waals surface area contributed by atoms with E-state index in [1.54, 1.807) is 0 Å². The molecule has 0 bridgehead atoms. The Hall–Kier alpha value is -1.84. The molecule has 0 aromatic heterocycles. The summed E-state index contributed by atoms with van der Waals surface area (Å²) in [6.45, 7) is 3.33. The van der Waals surface area contributed by atoms with Crippen molar-refractivity contribution in [2.45, 2.75) is 25.7 Å². The lowest BCUT2D eigenvalue weighted by molar-refractivity contribution is -0.135. The lowest BCUT2D eigenvalue weighted by atomic mass is 9.93. The number of hydrogen-bond donors (Lipinski definition) is 0. The lowest BCUT2D eigenvalue weighted by Gasteiger charge is -2.27. The third-order valence-electron chi connectivity index (χ3n) is 4.62. The van der Waals surface area contributed by atoms with Crippen LogP contribution in [0.2, 0.25) is 0 Å². The van der Waals surface area contributed by atoms with Gasteiger partial charge in [-0.05, 0) is 49.9 Å². The summed E-state index contributed by atoms with van der Waals surface area (Å²) < 4.78 is 13.0. The van der Waals surface area contributed by atoms with Crippen molar-refractivity contribution in [2.75, 3.05) is 31.1 Å². The highest BCUT2D eigenvalue weighted by atomic mass is 19.1. The Labute approximate surface area is 131 Å². The summed E-state index contributed by atoms with van der Waals surface area (Å²) in [5.74, 6) is 0.272. The summed E-state index contributed by atoms with van der Waals surface area (Å²) in [7, 11) is 0. The fourth-order valence-electron chi connectivity index (χ4n) is 3.32. The second-order valence-corrected chi connectivity index (χ2v) is 6.12. The number of amides is 1. The molecule has 1 unspecified atom stereocenters. The van der Waals surface area contributed by atoms with Gasteiger partial charge in [-0.25, -0.2) is 4.39 Å². The van der Waals surface area contributed by atoms with Crippen LogP contribution < -0.4 is 4.90 Å². The van der Waals surface area contributed by atoms with Crippen LogP contribution in [0, 0.1) is 11.7 Å². The van der Waals surface area contributed by atoms with E-state index in [0.29, 0.717) is 5.91 Å². The minimum atomic E-state index is -0.208. The van der Waals surface area contributed by atoms with Crippen molar-refractivity contribution < 1.29 is 9.18 Å². The number of carbonyl (C=O) groups excluding carboxylic acids is 1. The number of rotatable bonds is 2. The van der Waals surface area contributed by atoms with Gasteiger partial charge in [-0.1, -0.05) is 12.2 Å². The third kappa shape index (κ3) is 3.49. The first kappa shape index (κ1) is 15.1. The summed E-state index contributed by atoms with van der Waals surface area (Å²) >= 11 is 0. The first-order valence-corrected chi connectivity index (χ1v) is 8.18. The van der Waals surface area contributed by atoms with Crippen LogP contribution in [-0.2, 0) is 4.79 Å². The number of carbonyl (C=O) groups is 1. The number of hydrogen-bond acceptors (Lipinski definition) is 2. The van der Waals surface area contributed by atoms with Gasteiger partial charge < -0.3 is 9.80 Å². The molecule has 1 amide bonds. The van der Waals surface area contributed by atoms with Gasteiger partial charge in [-0.15, -0.1) is 0 Å². The second-order valence-electron chi connectivity index (χ2n) is 6.12. The molecule has 0 spiro atoms. The first-order valence-electron chi connectivity index (χ1n) is 8.18. The molecule has 1 fully saturated rings. The van der Waals surface area contributed by atoms with Crippen LogP contribution >= 0.6 is 0 Å². The zero-order valence-electron chi connectivity index (χ0n) is 12.9. The Morgan fingerprint density at radius 1 is 1.05 bits per heavy atom. The minimum Gasteiger partial charge on any atom is -0.370 e. The highest BCUT2D eigenvalue weighted by Gasteiger charge is 2.26. The average Bonchev–Trinajstić information content (AvgIpc) is 2.82. The quantitative estimate of drug-likeness (QED) is 0.783. The van der Waals surface area contributed by atoms with Crippen molar-refractivity contribution in [3.05, 3.63) is 42.2 Å². The largest absolute Gasteiger partial charge is 0.370 e. The molecule has 118 valence electrons. The topological polar surface area (TPSA) is 23.6 Å². The molecular weight excluding hydrogens is 279 g/mol. The summed E-state index contributed by atoms with van der Waals surface area (Å²) in [5.41, 5.74) is 1.04. The SMILES string of the molecule is O=C(C1CC=CCC1)N1CCCN(c2ccc(F)cc2)CC1. The lowest BCUT2D eigenvalue weighted by Crippen LogP contribution is -2.39. The standard InChI is InChI=1S/C18H23FN2O/c19-16-7-9-17(10-8-16)20-11-4-12-21(14-13-20)18(22)15-5-2-1-3-6-15/h1-2,7-10,15H,3-6,11-14H2. The summed E-state index contributed by atoms with van der Waals surface area (Å²) in [6.07, 6.45) is 8.15. The normalized spacial score (nSPS) is 22.5. The van der Waals surface area contributed by atoms with Crippen LogP contribution in [0.1, 0.15) is 25.7 Å². The summed E-state index contributed by atoms with van der Waals surface area (Å²) in [4.78, 5) is 16.9. The number of benzene rings is 1. The molecule has 1 saturated heterocycles. The number of anilines is 1. The Bertz CT molecular complexity index is 541. The van der Waals surface area contributed by atoms with Gasteiger partial charge >= 0.3 is 0 Å². The molecule has 4 heteroatoms. The van der Waals surface area contributed by atoms with Crippen molar-refractivity contribution >= 4 is 11.6 Å². The average molecular weight is 302 g/mol. The van der Waals surface area contributed by atoms with Crippen LogP contribution in [0.5, 0.6) is 0 Å². The molecule has 1 aromatic carbocycles. The number of allylic oxidation sites excluding steroid dienone is 2. The highest BCUT2D eigenvalue weighted by Crippen LogP contribution is 2.22. The van der Waals surface area contributed by atoms with E-state index in [2.05, 4.69) is 17.1 Å². The highest BCUT2D eigenvalue weighted by molar-refractivity contribution is 5.79. The predicted molar refractivity (Wildman–Crippen MR) is 86.3 cm³/mol. The molecule has 1 aliphatic carbocycles. The maximum absolute atomic E-state index is 13.0. The molecule has 3 nitrogen and oxygen atoms in total. The van der Waals surface area contributed by atoms with E-state index < -0.39 is 0 Å². The van der Waals surface area contributed by atoms with Crippen LogP contribution in [0.15, 0.2) is 36.4 Å². The fraction of sp³-hybridized carbons (Fsp3) is 0.500. The maximum Gasteiger partial charge on any atom is 0.226 e. The summed E-state index contributed by atoms with van der Waals surface area (Å²) in [5, 5.41) is 0. The van der Waals surface area contributed by atoms with E-state index in [1.165, 1.54) is 12.1 Å². The molecule has 1 atom stereocenters. The Kier molecular flexibility index (Phi) is 4.76. The van der Waals surface area contributed by atoms with Crippen molar-refractivity contribution in [1.29, 1.82) is 0 Å². The van der Waals surface area contributed by atoms with E-state index in [9.17, 15) is 9.18 Å². The maximum atomic E-state index is 13.0. The molecule has 1 heterocycles. The van der Waals surface area contributed by atoms with Gasteiger partial charge in [0.1, 0.15) is 5.82 Å². The van der Waals surface area contributed by atoms with Gasteiger partial charge in [-0.3, -0.25) is 4.79 Å². The van der Waals surface area contributed by atoms with Crippen molar-refractivity contribution in [2.24, 2.45) is 5.92 Å². The van der Waals surface area contributed by atoms with Gasteiger partial charge in [0.25, 0.3) is 0 Å². The zero-order valence-corrected chi connectivity index (χ0v) is 12.9. The van der Waals surface area contributed by atoms with Crippen LogP contribution in [0.4, 0.5) is 10.1 Å². The molecule has 3 rings (SSSR count). The molecule has 1 aromatic rings.